The van der Waals surface area contributed by atoms with Crippen LogP contribution in [0.5, 0.6) is 5.75 Å². The first-order chi connectivity index (χ1) is 24.2. The molecule has 0 radical (unpaired) electrons. The Morgan fingerprint density at radius 1 is 0.745 bits per heavy atom. The molecule has 20 heteroatoms. The van der Waals surface area contributed by atoms with Crippen LogP contribution in [-0.2, 0) is 34.8 Å². The van der Waals surface area contributed by atoms with Crippen molar-refractivity contribution in [2.45, 2.75) is 25.2 Å². The Morgan fingerprint density at radius 3 is 1.67 bits per heavy atom. The maximum Gasteiger partial charge on any atom is 0.427 e. The number of amides is 2. The molecule has 6 aromatic rings. The average molecular weight is 769 g/mol. The third-order valence-corrected chi connectivity index (χ3v) is 8.59. The molecule has 11 nitrogen and oxygen atoms in total. The zero-order valence-corrected chi connectivity index (χ0v) is 28.3. The molecule has 266 valence electrons. The lowest BCUT2D eigenvalue weighted by molar-refractivity contribution is -0.135. The zero-order chi connectivity index (χ0) is 36.8. The van der Waals surface area contributed by atoms with Gasteiger partial charge in [0.15, 0.2) is 10.3 Å². The van der Waals surface area contributed by atoms with Gasteiger partial charge in [-0.05, 0) is 54.6 Å². The Labute approximate surface area is 297 Å². The van der Waals surface area contributed by atoms with Crippen LogP contribution in [0.4, 0.5) is 36.6 Å². The predicted molar refractivity (Wildman–Crippen MR) is 178 cm³/mol. The normalized spacial score (nSPS) is 11.5. The van der Waals surface area contributed by atoms with Crippen molar-refractivity contribution in [2.24, 2.45) is 0 Å². The van der Waals surface area contributed by atoms with Crippen LogP contribution in [0.3, 0.4) is 0 Å². The summed E-state index contributed by atoms with van der Waals surface area (Å²) in [6, 6.07) is 17.5. The Kier molecular flexibility index (Phi) is 11.4. The van der Waals surface area contributed by atoms with Gasteiger partial charge in [-0.2, -0.15) is 36.5 Å². The molecule has 4 aromatic heterocycles. The number of nitrogens with zero attached hydrogens (tertiary/aromatic N) is 6. The minimum atomic E-state index is -4.48. The van der Waals surface area contributed by atoms with Gasteiger partial charge in [-0.25, -0.2) is 19.3 Å². The maximum atomic E-state index is 12.5. The van der Waals surface area contributed by atoms with Crippen LogP contribution in [0, 0.1) is 0 Å². The number of nitrogens with one attached hydrogen (secondary N) is 2. The van der Waals surface area contributed by atoms with Gasteiger partial charge in [0.25, 0.3) is 0 Å². The lowest BCUT2D eigenvalue weighted by Gasteiger charge is -2.03. The molecule has 2 N–H and O–H groups in total. The Bertz CT molecular complexity index is 2110. The van der Waals surface area contributed by atoms with Gasteiger partial charge >= 0.3 is 12.4 Å². The molecule has 0 spiro atoms. The van der Waals surface area contributed by atoms with Gasteiger partial charge in [0.1, 0.15) is 15.5 Å². The Hall–Kier alpha value is -5.27. The van der Waals surface area contributed by atoms with Gasteiger partial charge in [-0.3, -0.25) is 9.59 Å². The van der Waals surface area contributed by atoms with Crippen molar-refractivity contribution in [3.63, 3.8) is 0 Å². The highest BCUT2D eigenvalue weighted by Gasteiger charge is 2.34. The fraction of sp³-hybridized carbons (Fsp3) is 0.161. The van der Waals surface area contributed by atoms with Gasteiger partial charge in [0.05, 0.1) is 55.1 Å². The van der Waals surface area contributed by atoms with E-state index in [4.69, 9.17) is 16.3 Å². The van der Waals surface area contributed by atoms with Gasteiger partial charge in [0, 0.05) is 17.4 Å². The third kappa shape index (κ3) is 10.4. The van der Waals surface area contributed by atoms with E-state index >= 15 is 0 Å². The number of benzene rings is 2. The number of ether oxygens (including phenoxy) is 1. The van der Waals surface area contributed by atoms with Crippen LogP contribution < -0.4 is 15.4 Å². The lowest BCUT2D eigenvalue weighted by atomic mass is 10.3. The molecule has 6 rings (SSSR count). The second kappa shape index (κ2) is 15.7. The molecular weight excluding hydrogens is 746 g/mol. The maximum absolute atomic E-state index is 12.5. The number of methoxy groups -OCH3 is 1. The van der Waals surface area contributed by atoms with Crippen molar-refractivity contribution in [2.75, 3.05) is 17.7 Å². The average Bonchev–Trinajstić information content (AvgIpc) is 3.89. The van der Waals surface area contributed by atoms with E-state index in [2.05, 4.69) is 30.8 Å². The molecule has 0 fully saturated rings. The van der Waals surface area contributed by atoms with Gasteiger partial charge in [0.2, 0.25) is 11.8 Å². The van der Waals surface area contributed by atoms with Crippen molar-refractivity contribution in [3.05, 3.63) is 112 Å². The monoisotopic (exact) mass is 768 g/mol. The van der Waals surface area contributed by atoms with Crippen LogP contribution >= 0.6 is 34.3 Å². The van der Waals surface area contributed by atoms with Gasteiger partial charge in [-0.1, -0.05) is 40.3 Å². The molecule has 51 heavy (non-hydrogen) atoms. The summed E-state index contributed by atoms with van der Waals surface area (Å²) < 4.78 is 83.4. The van der Waals surface area contributed by atoms with Gasteiger partial charge in [-0.15, -0.1) is 0 Å². The first kappa shape index (κ1) is 37.0. The molecule has 0 unspecified atom stereocenters. The summed E-state index contributed by atoms with van der Waals surface area (Å²) in [4.78, 5) is 29.3. The van der Waals surface area contributed by atoms with Crippen molar-refractivity contribution in [3.8, 4) is 17.1 Å². The summed E-state index contributed by atoms with van der Waals surface area (Å²) in [5.41, 5.74) is 2.46. The fourth-order valence-electron chi connectivity index (χ4n) is 4.13. The number of aromatic nitrogens is 6. The topological polar surface area (TPSA) is 129 Å². The van der Waals surface area contributed by atoms with Crippen LogP contribution in [0.1, 0.15) is 21.1 Å². The molecule has 2 amide bonds. The number of hydrogen-bond acceptors (Lipinski definition) is 9. The number of rotatable bonds is 9. The number of hydrogen-bond donors (Lipinski definition) is 2. The molecule has 4 heterocycles. The smallest absolute Gasteiger partial charge is 0.427 e. The summed E-state index contributed by atoms with van der Waals surface area (Å²) in [7, 11) is 1.57. The van der Waals surface area contributed by atoms with E-state index < -0.39 is 33.9 Å². The number of carbonyl (C=O) groups is 2. The van der Waals surface area contributed by atoms with E-state index in [1.165, 1.54) is 0 Å². The summed E-state index contributed by atoms with van der Waals surface area (Å²) >= 11 is 6.67. The summed E-state index contributed by atoms with van der Waals surface area (Å²) in [5, 5.41) is 13.6. The summed E-state index contributed by atoms with van der Waals surface area (Å²) in [6.45, 7) is 0. The second-order valence-corrected chi connectivity index (χ2v) is 12.7. The van der Waals surface area contributed by atoms with E-state index in [0.717, 1.165) is 11.4 Å². The zero-order valence-electron chi connectivity index (χ0n) is 25.9. The number of anilines is 2. The first-order valence-electron chi connectivity index (χ1n) is 14.3. The summed E-state index contributed by atoms with van der Waals surface area (Å²) in [6.07, 6.45) is -4.38. The highest BCUT2D eigenvalue weighted by molar-refractivity contribution is 7.16. The molecule has 0 aliphatic rings. The van der Waals surface area contributed by atoms with Crippen molar-refractivity contribution >= 4 is 56.4 Å². The second-order valence-electron chi connectivity index (χ2n) is 10.2. The van der Waals surface area contributed by atoms with E-state index in [1.807, 2.05) is 12.1 Å². The number of halogens is 7. The van der Waals surface area contributed by atoms with E-state index in [-0.39, 0.29) is 23.1 Å². The number of alkyl halides is 6. The van der Waals surface area contributed by atoms with Crippen LogP contribution in [0.2, 0.25) is 5.02 Å². The summed E-state index contributed by atoms with van der Waals surface area (Å²) in [5.74, 6) is -0.283. The van der Waals surface area contributed by atoms with E-state index in [9.17, 15) is 35.9 Å². The molecular formula is C31H23ClF6N8O3S2. The highest BCUT2D eigenvalue weighted by Crippen LogP contribution is 2.36. The van der Waals surface area contributed by atoms with Crippen LogP contribution in [-0.4, -0.2) is 48.5 Å². The number of carbonyl (C=O) groups excluding carboxylic acids is 2. The molecule has 0 aliphatic carbocycles. The minimum Gasteiger partial charge on any atom is -0.497 e. The Balaban J connectivity index is 0.000000198. The highest BCUT2D eigenvalue weighted by atomic mass is 35.5. The SMILES string of the molecule is COc1ccc(-n2ccc(CC(=O)Nc3ncc(C(F)(F)F)s3)n2)cc1.O=C(Cc1ccn(-c2cccc(Cl)c2)n1)Nc1ncc(C(F)(F)F)s1. The quantitative estimate of drug-likeness (QED) is 0.144. The van der Waals surface area contributed by atoms with Gasteiger partial charge < -0.3 is 15.4 Å². The Morgan fingerprint density at radius 2 is 1.24 bits per heavy atom. The minimum absolute atomic E-state index is 0.0793. The van der Waals surface area contributed by atoms with Crippen molar-refractivity contribution < 1.29 is 40.7 Å². The molecule has 0 saturated heterocycles. The standard InChI is InChI=1S/C16H13F3N4O2S.C15H10ClF3N4OS/c1-25-12-4-2-11(3-5-12)23-7-6-10(22-23)8-14(24)21-15-20-9-13(26-15)16(17,18)19;16-9-2-1-3-11(6-9)23-5-4-10(22-23)7-13(24)21-14-20-8-12(25-14)15(17,18)19/h2-7,9H,8H2,1H3,(H,20,21,24);1-6,8H,7H2,(H,20,21,24). The van der Waals surface area contributed by atoms with E-state index in [0.29, 0.717) is 57.2 Å². The predicted octanol–water partition coefficient (Wildman–Crippen LogP) is 7.72. The van der Waals surface area contributed by atoms with Crippen molar-refractivity contribution in [1.82, 2.24) is 29.5 Å². The van der Waals surface area contributed by atoms with Crippen LogP contribution in [0.15, 0.2) is 85.5 Å². The largest absolute Gasteiger partial charge is 0.497 e. The number of thiazole rings is 2. The lowest BCUT2D eigenvalue weighted by Crippen LogP contribution is -2.14. The molecule has 0 saturated carbocycles. The first-order valence-corrected chi connectivity index (χ1v) is 16.3. The van der Waals surface area contributed by atoms with E-state index in [1.54, 1.807) is 77.4 Å². The fourth-order valence-corrected chi connectivity index (χ4v) is 5.72. The molecule has 0 aliphatic heterocycles. The van der Waals surface area contributed by atoms with Crippen LogP contribution in [0.25, 0.3) is 11.4 Å². The molecule has 0 bridgehead atoms. The molecule has 0 atom stereocenters. The molecule has 2 aromatic carbocycles. The third-order valence-electron chi connectivity index (χ3n) is 6.44. The van der Waals surface area contributed by atoms with Crippen molar-refractivity contribution in [1.29, 1.82) is 0 Å².